The molecule has 2 aliphatic heterocycles. The molecule has 0 radical (unpaired) electrons. The second kappa shape index (κ2) is 9.10. The number of aromatic nitrogens is 5. The molecular formula is C26H26FN7O6. The van der Waals surface area contributed by atoms with Crippen LogP contribution in [0.15, 0.2) is 30.6 Å². The summed E-state index contributed by atoms with van der Waals surface area (Å²) in [6, 6.07) is 6.10. The molecule has 0 fully saturated rings. The van der Waals surface area contributed by atoms with E-state index in [-0.39, 0.29) is 48.6 Å². The molecule has 0 aliphatic carbocycles. The van der Waals surface area contributed by atoms with E-state index in [0.717, 1.165) is 4.90 Å². The predicted molar refractivity (Wildman–Crippen MR) is 139 cm³/mol. The summed E-state index contributed by atoms with van der Waals surface area (Å²) < 4.78 is 35.4. The number of nitrogens with one attached hydrogen (secondary N) is 1. The largest absolute Gasteiger partial charge is 0.493 e. The van der Waals surface area contributed by atoms with Gasteiger partial charge in [-0.3, -0.25) is 19.3 Å². The highest BCUT2D eigenvalue weighted by molar-refractivity contribution is 5.91. The van der Waals surface area contributed by atoms with Crippen molar-refractivity contribution in [3.05, 3.63) is 47.5 Å². The highest BCUT2D eigenvalue weighted by Crippen LogP contribution is 2.43. The molecule has 6 rings (SSSR count). The van der Waals surface area contributed by atoms with Gasteiger partial charge in [0.1, 0.15) is 23.5 Å². The Morgan fingerprint density at radius 2 is 1.93 bits per heavy atom. The lowest BCUT2D eigenvalue weighted by atomic mass is 9.95. The third-order valence-electron chi connectivity index (χ3n) is 6.65. The van der Waals surface area contributed by atoms with E-state index >= 15 is 4.39 Å². The first-order valence-corrected chi connectivity index (χ1v) is 12.5. The minimum absolute atomic E-state index is 0.119. The van der Waals surface area contributed by atoms with Crippen molar-refractivity contribution in [3.8, 4) is 22.8 Å². The number of carbonyl (C=O) groups excluding carboxylic acids is 1. The molecule has 0 spiro atoms. The molecule has 2 N–H and O–H groups in total. The highest BCUT2D eigenvalue weighted by Gasteiger charge is 2.35. The van der Waals surface area contributed by atoms with Crippen molar-refractivity contribution in [3.63, 3.8) is 0 Å². The van der Waals surface area contributed by atoms with Crippen molar-refractivity contribution in [1.29, 1.82) is 0 Å². The number of pyridine rings is 1. The average Bonchev–Trinajstić information content (AvgIpc) is 3.59. The monoisotopic (exact) mass is 551 g/mol. The molecule has 1 atom stereocenters. The van der Waals surface area contributed by atoms with Gasteiger partial charge in [0.15, 0.2) is 23.0 Å². The first-order valence-electron chi connectivity index (χ1n) is 12.5. The first kappa shape index (κ1) is 25.4. The normalized spacial score (nSPS) is 16.2. The Morgan fingerprint density at radius 1 is 1.18 bits per heavy atom. The van der Waals surface area contributed by atoms with Gasteiger partial charge in [0, 0.05) is 29.8 Å². The lowest BCUT2D eigenvalue weighted by Crippen LogP contribution is -2.31. The molecule has 5 heterocycles. The number of amides is 2. The van der Waals surface area contributed by atoms with Crippen LogP contribution in [-0.4, -0.2) is 60.5 Å². The number of rotatable bonds is 2. The van der Waals surface area contributed by atoms with Gasteiger partial charge in [0.25, 0.3) is 0 Å². The van der Waals surface area contributed by atoms with Crippen molar-refractivity contribution in [1.82, 2.24) is 24.4 Å². The Morgan fingerprint density at radius 3 is 2.65 bits per heavy atom. The van der Waals surface area contributed by atoms with Crippen molar-refractivity contribution >= 4 is 29.5 Å². The third kappa shape index (κ3) is 4.30. The van der Waals surface area contributed by atoms with Gasteiger partial charge in [0.2, 0.25) is 0 Å². The van der Waals surface area contributed by atoms with Crippen LogP contribution in [0.1, 0.15) is 37.8 Å². The molecule has 0 saturated carbocycles. The number of aryl methyl sites for hydroxylation is 1. The number of halogens is 1. The lowest BCUT2D eigenvalue weighted by molar-refractivity contribution is 0.0635. The number of nitrogens with zero attached hydrogens (tertiary/aromatic N) is 6. The van der Waals surface area contributed by atoms with Crippen LogP contribution >= 0.6 is 0 Å². The zero-order valence-corrected chi connectivity index (χ0v) is 22.1. The quantitative estimate of drug-likeness (QED) is 0.375. The fourth-order valence-corrected chi connectivity index (χ4v) is 5.04. The highest BCUT2D eigenvalue weighted by atomic mass is 19.1. The Hall–Kier alpha value is -4.88. The molecular weight excluding hydrogens is 525 g/mol. The maximum absolute atomic E-state index is 15.1. The van der Waals surface area contributed by atoms with Gasteiger partial charge in [-0.25, -0.2) is 14.0 Å². The molecule has 208 valence electrons. The summed E-state index contributed by atoms with van der Waals surface area (Å²) in [5.41, 5.74) is 1.50. The van der Waals surface area contributed by atoms with Crippen LogP contribution in [0.5, 0.6) is 11.5 Å². The summed E-state index contributed by atoms with van der Waals surface area (Å²) in [6.07, 6.45) is -0.610. The molecule has 0 bridgehead atoms. The van der Waals surface area contributed by atoms with Crippen LogP contribution in [-0.2, 0) is 18.3 Å². The smallest absolute Gasteiger partial charge is 0.413 e. The molecule has 0 saturated heterocycles. The summed E-state index contributed by atoms with van der Waals surface area (Å²) >= 11 is 0. The number of carbonyl (C=O) groups is 2. The van der Waals surface area contributed by atoms with E-state index in [9.17, 15) is 14.7 Å². The summed E-state index contributed by atoms with van der Waals surface area (Å²) in [4.78, 5) is 25.9. The zero-order valence-electron chi connectivity index (χ0n) is 22.1. The van der Waals surface area contributed by atoms with E-state index < -0.39 is 23.6 Å². The van der Waals surface area contributed by atoms with Crippen molar-refractivity contribution in [2.24, 2.45) is 7.05 Å². The zero-order chi connectivity index (χ0) is 28.3. The van der Waals surface area contributed by atoms with Gasteiger partial charge in [-0.15, -0.1) is 10.2 Å². The van der Waals surface area contributed by atoms with Crippen molar-refractivity contribution in [2.45, 2.75) is 38.8 Å². The summed E-state index contributed by atoms with van der Waals surface area (Å²) in [5, 5.41) is 25.5. The molecule has 3 aromatic heterocycles. The maximum atomic E-state index is 15.1. The van der Waals surface area contributed by atoms with Crippen LogP contribution in [0, 0.1) is 5.82 Å². The average molecular weight is 552 g/mol. The molecule has 2 amide bonds. The molecule has 4 aromatic rings. The molecule has 2 aliphatic rings. The summed E-state index contributed by atoms with van der Waals surface area (Å²) in [7, 11) is 1.69. The Bertz CT molecular complexity index is 1670. The topological polar surface area (TPSA) is 145 Å². The molecule has 1 aromatic carbocycles. The van der Waals surface area contributed by atoms with E-state index in [1.54, 1.807) is 46.0 Å². The lowest BCUT2D eigenvalue weighted by Gasteiger charge is -2.23. The number of hydrogen-bond donors (Lipinski definition) is 2. The number of ether oxygens (including phenoxy) is 3. The fourth-order valence-electron chi connectivity index (χ4n) is 5.04. The van der Waals surface area contributed by atoms with Crippen LogP contribution in [0.2, 0.25) is 0 Å². The summed E-state index contributed by atoms with van der Waals surface area (Å²) in [5.74, 6) is 0.265. The maximum Gasteiger partial charge on any atom is 0.413 e. The predicted octanol–water partition coefficient (Wildman–Crippen LogP) is 4.17. The van der Waals surface area contributed by atoms with Gasteiger partial charge in [-0.05, 0) is 39.0 Å². The number of anilines is 2. The van der Waals surface area contributed by atoms with Crippen LogP contribution in [0.25, 0.3) is 16.9 Å². The van der Waals surface area contributed by atoms with Crippen LogP contribution in [0.3, 0.4) is 0 Å². The summed E-state index contributed by atoms with van der Waals surface area (Å²) in [6.45, 7) is 5.38. The van der Waals surface area contributed by atoms with Crippen molar-refractivity contribution in [2.75, 3.05) is 23.4 Å². The Kier molecular flexibility index (Phi) is 5.78. The Labute approximate surface area is 227 Å². The molecule has 40 heavy (non-hydrogen) atoms. The van der Waals surface area contributed by atoms with Gasteiger partial charge in [-0.2, -0.15) is 5.10 Å². The number of fused-ring (bicyclic) bond motifs is 3. The first-order chi connectivity index (χ1) is 19.0. The van der Waals surface area contributed by atoms with E-state index in [2.05, 4.69) is 20.6 Å². The molecule has 14 heteroatoms. The third-order valence-corrected chi connectivity index (χ3v) is 6.65. The van der Waals surface area contributed by atoms with E-state index in [0.29, 0.717) is 28.2 Å². The molecule has 0 unspecified atom stereocenters. The van der Waals surface area contributed by atoms with Gasteiger partial charge in [-0.1, -0.05) is 0 Å². The minimum Gasteiger partial charge on any atom is -0.493 e. The van der Waals surface area contributed by atoms with Gasteiger partial charge < -0.3 is 19.3 Å². The minimum atomic E-state index is -1.31. The number of hydrogen-bond acceptors (Lipinski definition) is 8. The second-order valence-corrected chi connectivity index (χ2v) is 10.6. The standard InChI is InChI=1S/C26H26FN7O6/c1-26(2,3)40-24(35)29-20-8-17(32(4)31-20)14-7-19-23(34-12-28-30-22(14)34)33(25(36)37)9-15-16(27)5-6-18-21(15)13(10-38-18)11-39-19/h5-8,12-13H,9-11H2,1-4H3,(H,36,37)(H,29,31,35)/t13-/m0/s1. The van der Waals surface area contributed by atoms with Gasteiger partial charge in [0.05, 0.1) is 31.4 Å². The SMILES string of the molecule is Cn1nc(NC(=O)OC(C)(C)C)cc1-c1cc2c(n3cnnc13)N(C(=O)O)Cc1c(F)ccc3c1[C@@H](CO3)CO2. The van der Waals surface area contributed by atoms with E-state index in [4.69, 9.17) is 14.2 Å². The number of carboxylic acid groups (broad SMARTS) is 1. The Balaban J connectivity index is 1.47. The van der Waals surface area contributed by atoms with Crippen molar-refractivity contribution < 1.29 is 33.3 Å². The fraction of sp³-hybridized carbons (Fsp3) is 0.346. The second-order valence-electron chi connectivity index (χ2n) is 10.6. The van der Waals surface area contributed by atoms with Crippen LogP contribution in [0.4, 0.5) is 25.6 Å². The van der Waals surface area contributed by atoms with E-state index in [1.807, 2.05) is 0 Å². The number of benzene rings is 1. The van der Waals surface area contributed by atoms with E-state index in [1.165, 1.54) is 21.5 Å². The van der Waals surface area contributed by atoms with Crippen LogP contribution < -0.4 is 19.7 Å². The van der Waals surface area contributed by atoms with Gasteiger partial charge >= 0.3 is 12.2 Å². The molecule has 13 nitrogen and oxygen atoms in total.